The number of ether oxygens (including phenoxy) is 1. The van der Waals surface area contributed by atoms with Gasteiger partial charge in [-0.2, -0.15) is 13.2 Å². The lowest BCUT2D eigenvalue weighted by Crippen LogP contribution is -2.37. The second kappa shape index (κ2) is 7.89. The maximum Gasteiger partial charge on any atom is 0.418 e. The van der Waals surface area contributed by atoms with Crippen LogP contribution in [0.25, 0.3) is 0 Å². The van der Waals surface area contributed by atoms with Crippen LogP contribution in [0.15, 0.2) is 18.2 Å². The van der Waals surface area contributed by atoms with Crippen molar-refractivity contribution in [2.24, 2.45) is 5.92 Å². The van der Waals surface area contributed by atoms with Gasteiger partial charge in [0.25, 0.3) is 0 Å². The summed E-state index contributed by atoms with van der Waals surface area (Å²) in [6, 6.07) is 2.38. The van der Waals surface area contributed by atoms with Gasteiger partial charge in [-0.05, 0) is 25.1 Å². The molecule has 1 atom stereocenters. The number of amides is 2. The zero-order chi connectivity index (χ0) is 18.5. The number of hydrogen-bond donors (Lipinski definition) is 2. The van der Waals surface area contributed by atoms with Crippen molar-refractivity contribution >= 4 is 17.7 Å². The first-order valence-electron chi connectivity index (χ1n) is 7.15. The third-order valence-electron chi connectivity index (χ3n) is 3.17. The molecule has 0 fully saturated rings. The van der Waals surface area contributed by atoms with Gasteiger partial charge >= 0.3 is 18.2 Å². The van der Waals surface area contributed by atoms with Crippen molar-refractivity contribution in [1.82, 2.24) is 4.90 Å². The van der Waals surface area contributed by atoms with Gasteiger partial charge in [0.1, 0.15) is 5.75 Å². The Kier molecular flexibility index (Phi) is 6.44. The summed E-state index contributed by atoms with van der Waals surface area (Å²) in [4.78, 5) is 23.8. The highest BCUT2D eigenvalue weighted by atomic mass is 19.4. The van der Waals surface area contributed by atoms with Crippen molar-refractivity contribution in [2.75, 3.05) is 25.5 Å². The molecular formula is C15H19F3N2O4. The third-order valence-corrected chi connectivity index (χ3v) is 3.17. The molecule has 1 aromatic rings. The van der Waals surface area contributed by atoms with Crippen molar-refractivity contribution in [3.05, 3.63) is 23.8 Å². The van der Waals surface area contributed by atoms with Crippen LogP contribution in [0.5, 0.6) is 5.75 Å². The summed E-state index contributed by atoms with van der Waals surface area (Å²) in [5, 5.41) is 11.0. The van der Waals surface area contributed by atoms with Crippen molar-refractivity contribution in [2.45, 2.75) is 20.0 Å². The van der Waals surface area contributed by atoms with Gasteiger partial charge in [-0.15, -0.1) is 0 Å². The Hall–Kier alpha value is -2.45. The lowest BCUT2D eigenvalue weighted by Gasteiger charge is -2.22. The Morgan fingerprint density at radius 3 is 2.50 bits per heavy atom. The first-order chi connectivity index (χ1) is 11.1. The van der Waals surface area contributed by atoms with E-state index in [1.165, 1.54) is 20.0 Å². The molecule has 24 heavy (non-hydrogen) atoms. The molecule has 0 aliphatic carbocycles. The van der Waals surface area contributed by atoms with E-state index in [0.29, 0.717) is 0 Å². The monoisotopic (exact) mass is 348 g/mol. The van der Waals surface area contributed by atoms with Gasteiger partial charge in [-0.25, -0.2) is 4.79 Å². The second-order valence-electron chi connectivity index (χ2n) is 5.19. The normalized spacial score (nSPS) is 12.4. The number of carboxylic acids is 1. The molecule has 1 rings (SSSR count). The minimum atomic E-state index is -4.68. The highest BCUT2D eigenvalue weighted by Crippen LogP contribution is 2.37. The van der Waals surface area contributed by atoms with Crippen LogP contribution in [0, 0.1) is 5.92 Å². The predicted molar refractivity (Wildman–Crippen MR) is 81.1 cm³/mol. The fraction of sp³-hybridized carbons (Fsp3) is 0.467. The van der Waals surface area contributed by atoms with Crippen molar-refractivity contribution < 1.29 is 32.6 Å². The molecule has 134 valence electrons. The number of benzene rings is 1. The molecule has 9 heteroatoms. The Morgan fingerprint density at radius 1 is 1.38 bits per heavy atom. The van der Waals surface area contributed by atoms with Crippen molar-refractivity contribution in [3.8, 4) is 5.75 Å². The number of alkyl halides is 3. The van der Waals surface area contributed by atoms with E-state index < -0.39 is 35.3 Å². The van der Waals surface area contributed by atoms with E-state index in [2.05, 4.69) is 5.32 Å². The van der Waals surface area contributed by atoms with Gasteiger partial charge in [0.15, 0.2) is 0 Å². The lowest BCUT2D eigenvalue weighted by molar-refractivity contribution is -0.141. The Morgan fingerprint density at radius 2 is 2.00 bits per heavy atom. The van der Waals surface area contributed by atoms with Gasteiger partial charge in [-0.3, -0.25) is 4.79 Å². The van der Waals surface area contributed by atoms with Crippen molar-refractivity contribution in [3.63, 3.8) is 0 Å². The first kappa shape index (κ1) is 19.6. The molecule has 0 heterocycles. The molecule has 2 N–H and O–H groups in total. The summed E-state index contributed by atoms with van der Waals surface area (Å²) in [5.41, 5.74) is -1.47. The van der Waals surface area contributed by atoms with Crippen LogP contribution >= 0.6 is 0 Å². The quantitative estimate of drug-likeness (QED) is 0.827. The standard InChI is InChI=1S/C15H19F3N2O4/c1-4-24-10-5-6-12(11(7-10)15(16,17)18)19-14(23)20(3)8-9(2)13(21)22/h5-7,9H,4,8H2,1-3H3,(H,19,23)(H,21,22). The highest BCUT2D eigenvalue weighted by Gasteiger charge is 2.34. The summed E-state index contributed by atoms with van der Waals surface area (Å²) in [6.45, 7) is 3.10. The minimum Gasteiger partial charge on any atom is -0.494 e. The van der Waals surface area contributed by atoms with E-state index in [1.54, 1.807) is 6.92 Å². The number of halogens is 3. The molecule has 6 nitrogen and oxygen atoms in total. The molecule has 0 saturated carbocycles. The summed E-state index contributed by atoms with van der Waals surface area (Å²) >= 11 is 0. The summed E-state index contributed by atoms with van der Waals surface area (Å²) in [7, 11) is 1.30. The minimum absolute atomic E-state index is 0.0377. The van der Waals surface area contributed by atoms with Crippen LogP contribution in [0.3, 0.4) is 0 Å². The van der Waals surface area contributed by atoms with Crippen molar-refractivity contribution in [1.29, 1.82) is 0 Å². The number of nitrogens with one attached hydrogen (secondary N) is 1. The Balaban J connectivity index is 2.97. The van der Waals surface area contributed by atoms with E-state index >= 15 is 0 Å². The molecule has 0 radical (unpaired) electrons. The van der Waals surface area contributed by atoms with E-state index in [4.69, 9.17) is 9.84 Å². The van der Waals surface area contributed by atoms with Crippen LogP contribution in [0.4, 0.5) is 23.7 Å². The molecule has 0 bridgehead atoms. The van der Waals surface area contributed by atoms with E-state index in [9.17, 15) is 22.8 Å². The zero-order valence-corrected chi connectivity index (χ0v) is 13.5. The Bertz CT molecular complexity index is 605. The van der Waals surface area contributed by atoms with Gasteiger partial charge in [-0.1, -0.05) is 6.92 Å². The maximum absolute atomic E-state index is 13.1. The highest BCUT2D eigenvalue weighted by molar-refractivity contribution is 5.90. The number of rotatable bonds is 6. The second-order valence-corrected chi connectivity index (χ2v) is 5.19. The van der Waals surface area contributed by atoms with Crippen LogP contribution in [-0.4, -0.2) is 42.2 Å². The van der Waals surface area contributed by atoms with Crippen LogP contribution < -0.4 is 10.1 Å². The van der Waals surface area contributed by atoms with Gasteiger partial charge < -0.3 is 20.1 Å². The van der Waals surface area contributed by atoms with E-state index in [1.807, 2.05) is 0 Å². The molecular weight excluding hydrogens is 329 g/mol. The van der Waals surface area contributed by atoms with Gasteiger partial charge in [0.05, 0.1) is 23.8 Å². The molecule has 0 spiro atoms. The number of carboxylic acid groups (broad SMARTS) is 1. The largest absolute Gasteiger partial charge is 0.494 e. The number of nitrogens with zero attached hydrogens (tertiary/aromatic N) is 1. The summed E-state index contributed by atoms with van der Waals surface area (Å²) in [6.07, 6.45) is -4.68. The molecule has 1 aromatic carbocycles. The summed E-state index contributed by atoms with van der Waals surface area (Å²) in [5.74, 6) is -1.91. The number of hydrogen-bond acceptors (Lipinski definition) is 3. The smallest absolute Gasteiger partial charge is 0.418 e. The average Bonchev–Trinajstić information content (AvgIpc) is 2.47. The fourth-order valence-corrected chi connectivity index (χ4v) is 1.91. The van der Waals surface area contributed by atoms with Crippen LogP contribution in [0.2, 0.25) is 0 Å². The number of carbonyl (C=O) groups is 2. The number of anilines is 1. The SMILES string of the molecule is CCOc1ccc(NC(=O)N(C)CC(C)C(=O)O)c(C(F)(F)F)c1. The van der Waals surface area contributed by atoms with Crippen LogP contribution in [0.1, 0.15) is 19.4 Å². The fourth-order valence-electron chi connectivity index (χ4n) is 1.91. The molecule has 2 amide bonds. The topological polar surface area (TPSA) is 78.9 Å². The number of aliphatic carboxylic acids is 1. The number of carbonyl (C=O) groups excluding carboxylic acids is 1. The molecule has 0 saturated heterocycles. The number of urea groups is 1. The molecule has 1 unspecified atom stereocenters. The molecule has 0 aliphatic heterocycles. The van der Waals surface area contributed by atoms with Gasteiger partial charge in [0.2, 0.25) is 0 Å². The van der Waals surface area contributed by atoms with Crippen LogP contribution in [-0.2, 0) is 11.0 Å². The maximum atomic E-state index is 13.1. The van der Waals surface area contributed by atoms with E-state index in [0.717, 1.165) is 17.0 Å². The summed E-state index contributed by atoms with van der Waals surface area (Å²) < 4.78 is 44.5. The Labute approximate surface area is 137 Å². The lowest BCUT2D eigenvalue weighted by atomic mass is 10.1. The third kappa shape index (κ3) is 5.32. The average molecular weight is 348 g/mol. The molecule has 0 aromatic heterocycles. The van der Waals surface area contributed by atoms with Gasteiger partial charge in [0, 0.05) is 13.6 Å². The van der Waals surface area contributed by atoms with E-state index in [-0.39, 0.29) is 18.9 Å². The zero-order valence-electron chi connectivity index (χ0n) is 13.5. The first-order valence-corrected chi connectivity index (χ1v) is 7.15. The predicted octanol–water partition coefficient (Wildman–Crippen LogP) is 3.29. The molecule has 0 aliphatic rings.